The Morgan fingerprint density at radius 1 is 1.68 bits per heavy atom. The van der Waals surface area contributed by atoms with Crippen molar-refractivity contribution in [2.75, 3.05) is 18.0 Å². The highest BCUT2D eigenvalue weighted by Gasteiger charge is 2.27. The highest BCUT2D eigenvalue weighted by atomic mass is 35.5. The number of hydrogen-bond donors (Lipinski definition) is 1. The number of carbonyl (C=O) groups is 1. The van der Waals surface area contributed by atoms with Gasteiger partial charge < -0.3 is 10.0 Å². The van der Waals surface area contributed by atoms with Crippen LogP contribution in [0.2, 0.25) is 5.02 Å². The molecule has 19 heavy (non-hydrogen) atoms. The Kier molecular flexibility index (Phi) is 3.91. The van der Waals surface area contributed by atoms with E-state index in [-0.39, 0.29) is 5.92 Å². The Bertz CT molecular complexity index is 554. The number of aliphatic carboxylic acids is 1. The second-order valence-corrected chi connectivity index (χ2v) is 5.07. The van der Waals surface area contributed by atoms with Crippen LogP contribution >= 0.6 is 11.6 Å². The maximum Gasteiger partial charge on any atom is 0.308 e. The fourth-order valence-corrected chi connectivity index (χ4v) is 2.55. The molecule has 1 aliphatic heterocycles. The molecule has 1 aromatic heterocycles. The number of carboxylic acids is 1. The van der Waals surface area contributed by atoms with Gasteiger partial charge in [-0.15, -0.1) is 0 Å². The fraction of sp³-hybridized carbons (Fsp3) is 0.462. The van der Waals surface area contributed by atoms with E-state index in [1.165, 1.54) is 0 Å². The number of pyridine rings is 1. The van der Waals surface area contributed by atoms with E-state index in [4.69, 9.17) is 22.0 Å². The Morgan fingerprint density at radius 3 is 3.05 bits per heavy atom. The summed E-state index contributed by atoms with van der Waals surface area (Å²) in [5.74, 6) is -0.599. The third-order valence-electron chi connectivity index (χ3n) is 3.34. The molecule has 1 fully saturated rings. The van der Waals surface area contributed by atoms with Crippen LogP contribution in [0.15, 0.2) is 6.07 Å². The van der Waals surface area contributed by atoms with E-state index >= 15 is 0 Å². The maximum absolute atomic E-state index is 11.1. The minimum absolute atomic E-state index is 0.387. The zero-order valence-electron chi connectivity index (χ0n) is 10.6. The molecule has 2 heterocycles. The molecular formula is C13H14ClN3O2. The van der Waals surface area contributed by atoms with Crippen LogP contribution in [-0.4, -0.2) is 29.1 Å². The van der Waals surface area contributed by atoms with E-state index < -0.39 is 5.97 Å². The van der Waals surface area contributed by atoms with Gasteiger partial charge in [-0.05, 0) is 25.8 Å². The van der Waals surface area contributed by atoms with E-state index in [2.05, 4.69) is 4.98 Å². The first-order valence-corrected chi connectivity index (χ1v) is 6.45. The van der Waals surface area contributed by atoms with Gasteiger partial charge in [-0.25, -0.2) is 4.98 Å². The number of nitrogens with zero attached hydrogens (tertiary/aromatic N) is 3. The summed E-state index contributed by atoms with van der Waals surface area (Å²) in [4.78, 5) is 17.3. The van der Waals surface area contributed by atoms with E-state index in [0.29, 0.717) is 35.1 Å². The molecule has 1 N–H and O–H groups in total. The van der Waals surface area contributed by atoms with Gasteiger partial charge in [-0.2, -0.15) is 5.26 Å². The van der Waals surface area contributed by atoms with Crippen molar-refractivity contribution in [3.63, 3.8) is 0 Å². The lowest BCUT2D eigenvalue weighted by Crippen LogP contribution is -2.39. The molecule has 1 aromatic rings. The van der Waals surface area contributed by atoms with Crippen molar-refractivity contribution in [3.8, 4) is 6.07 Å². The van der Waals surface area contributed by atoms with Crippen LogP contribution in [0.5, 0.6) is 0 Å². The molecule has 0 spiro atoms. The van der Waals surface area contributed by atoms with Crippen LogP contribution in [0, 0.1) is 24.2 Å². The highest BCUT2D eigenvalue weighted by Crippen LogP contribution is 2.29. The molecule has 6 heteroatoms. The first-order valence-electron chi connectivity index (χ1n) is 6.08. The fourth-order valence-electron chi connectivity index (χ4n) is 2.27. The standard InChI is InChI=1S/C13H14ClN3O2/c1-8-10(6-15)5-11(14)12(16-8)17-4-2-3-9(7-17)13(18)19/h5,9H,2-4,7H2,1H3,(H,18,19). The zero-order valence-corrected chi connectivity index (χ0v) is 11.3. The lowest BCUT2D eigenvalue weighted by Gasteiger charge is -2.32. The number of carboxylic acid groups (broad SMARTS) is 1. The van der Waals surface area contributed by atoms with Gasteiger partial charge in [0.1, 0.15) is 11.9 Å². The van der Waals surface area contributed by atoms with Crippen molar-refractivity contribution in [2.24, 2.45) is 5.92 Å². The zero-order chi connectivity index (χ0) is 14.0. The van der Waals surface area contributed by atoms with Gasteiger partial charge in [0.25, 0.3) is 0 Å². The molecule has 0 saturated carbocycles. The molecule has 1 aliphatic rings. The monoisotopic (exact) mass is 279 g/mol. The number of piperidine rings is 1. The number of aryl methyl sites for hydroxylation is 1. The highest BCUT2D eigenvalue weighted by molar-refractivity contribution is 6.33. The van der Waals surface area contributed by atoms with Crippen LogP contribution in [0.4, 0.5) is 5.82 Å². The number of aromatic nitrogens is 1. The first kappa shape index (κ1) is 13.6. The maximum atomic E-state index is 11.1. The molecule has 1 saturated heterocycles. The minimum atomic E-state index is -0.786. The van der Waals surface area contributed by atoms with Crippen molar-refractivity contribution in [3.05, 3.63) is 22.3 Å². The number of rotatable bonds is 2. The van der Waals surface area contributed by atoms with Crippen molar-refractivity contribution >= 4 is 23.4 Å². The van der Waals surface area contributed by atoms with Gasteiger partial charge in [-0.1, -0.05) is 11.6 Å². The van der Waals surface area contributed by atoms with Crippen molar-refractivity contribution in [2.45, 2.75) is 19.8 Å². The minimum Gasteiger partial charge on any atom is -0.481 e. The van der Waals surface area contributed by atoms with Gasteiger partial charge in [0.05, 0.1) is 22.2 Å². The Hall–Kier alpha value is -1.80. The molecule has 100 valence electrons. The van der Waals surface area contributed by atoms with E-state index in [1.54, 1.807) is 13.0 Å². The molecule has 0 aromatic carbocycles. The summed E-state index contributed by atoms with van der Waals surface area (Å²) in [7, 11) is 0. The molecule has 0 amide bonds. The predicted octanol–water partition coefficient (Wildman–Crippen LogP) is 2.22. The summed E-state index contributed by atoms with van der Waals surface area (Å²) in [5.41, 5.74) is 1.06. The summed E-state index contributed by atoms with van der Waals surface area (Å²) in [5, 5.41) is 18.4. The summed E-state index contributed by atoms with van der Waals surface area (Å²) in [6.45, 7) is 2.90. The van der Waals surface area contributed by atoms with Crippen LogP contribution in [0.1, 0.15) is 24.1 Å². The average Bonchev–Trinajstić information content (AvgIpc) is 2.41. The number of hydrogen-bond acceptors (Lipinski definition) is 4. The second kappa shape index (κ2) is 5.45. The lowest BCUT2D eigenvalue weighted by molar-refractivity contribution is -0.141. The van der Waals surface area contributed by atoms with Crippen LogP contribution in [0.3, 0.4) is 0 Å². The van der Waals surface area contributed by atoms with E-state index in [1.807, 2.05) is 11.0 Å². The van der Waals surface area contributed by atoms with Crippen LogP contribution in [-0.2, 0) is 4.79 Å². The Morgan fingerprint density at radius 2 is 2.42 bits per heavy atom. The topological polar surface area (TPSA) is 77.2 Å². The van der Waals surface area contributed by atoms with Crippen molar-refractivity contribution in [1.29, 1.82) is 5.26 Å². The number of halogens is 1. The van der Waals surface area contributed by atoms with Gasteiger partial charge in [0.15, 0.2) is 0 Å². The predicted molar refractivity (Wildman–Crippen MR) is 71.3 cm³/mol. The molecule has 0 radical (unpaired) electrons. The molecule has 0 bridgehead atoms. The summed E-state index contributed by atoms with van der Waals surface area (Å²) < 4.78 is 0. The molecule has 1 atom stereocenters. The normalized spacial score (nSPS) is 19.0. The summed E-state index contributed by atoms with van der Waals surface area (Å²) in [6, 6.07) is 3.62. The van der Waals surface area contributed by atoms with Gasteiger partial charge >= 0.3 is 5.97 Å². The van der Waals surface area contributed by atoms with E-state index in [9.17, 15) is 4.79 Å². The Balaban J connectivity index is 2.29. The Labute approximate surface area is 116 Å². The molecular weight excluding hydrogens is 266 g/mol. The quantitative estimate of drug-likeness (QED) is 0.898. The molecule has 1 unspecified atom stereocenters. The SMILES string of the molecule is Cc1nc(N2CCCC(C(=O)O)C2)c(Cl)cc1C#N. The third-order valence-corrected chi connectivity index (χ3v) is 3.62. The van der Waals surface area contributed by atoms with Crippen LogP contribution < -0.4 is 4.90 Å². The number of nitriles is 1. The smallest absolute Gasteiger partial charge is 0.308 e. The molecule has 5 nitrogen and oxygen atoms in total. The van der Waals surface area contributed by atoms with Crippen LogP contribution in [0.25, 0.3) is 0 Å². The summed E-state index contributed by atoms with van der Waals surface area (Å²) >= 11 is 6.14. The van der Waals surface area contributed by atoms with Gasteiger partial charge in [-0.3, -0.25) is 4.79 Å². The lowest BCUT2D eigenvalue weighted by atomic mass is 9.98. The van der Waals surface area contributed by atoms with Crippen molar-refractivity contribution < 1.29 is 9.90 Å². The van der Waals surface area contributed by atoms with E-state index in [0.717, 1.165) is 13.0 Å². The largest absolute Gasteiger partial charge is 0.481 e. The molecule has 2 rings (SSSR count). The van der Waals surface area contributed by atoms with Gasteiger partial charge in [0, 0.05) is 13.1 Å². The van der Waals surface area contributed by atoms with Crippen molar-refractivity contribution in [1.82, 2.24) is 4.98 Å². The molecule has 0 aliphatic carbocycles. The third kappa shape index (κ3) is 2.79. The first-order chi connectivity index (χ1) is 9.02. The van der Waals surface area contributed by atoms with Gasteiger partial charge in [0.2, 0.25) is 0 Å². The average molecular weight is 280 g/mol. The second-order valence-electron chi connectivity index (χ2n) is 4.66. The number of anilines is 1. The summed E-state index contributed by atoms with van der Waals surface area (Å²) in [6.07, 6.45) is 1.48.